The van der Waals surface area contributed by atoms with Crippen molar-refractivity contribution >= 4 is 50.7 Å². The lowest BCUT2D eigenvalue weighted by molar-refractivity contribution is -0.139. The summed E-state index contributed by atoms with van der Waals surface area (Å²) >= 11 is 11.9. The summed E-state index contributed by atoms with van der Waals surface area (Å²) in [7, 11) is -2.66. The molecule has 0 spiro atoms. The van der Waals surface area contributed by atoms with Crippen LogP contribution >= 0.6 is 23.2 Å². The van der Waals surface area contributed by atoms with E-state index >= 15 is 0 Å². The molecule has 0 aliphatic heterocycles. The molecule has 2 aromatic carbocycles. The molecular weight excluding hydrogens is 487 g/mol. The summed E-state index contributed by atoms with van der Waals surface area (Å²) in [6.45, 7) is 0.642. The Labute approximate surface area is 194 Å². The lowest BCUT2D eigenvalue weighted by atomic mass is 10.1. The van der Waals surface area contributed by atoms with Crippen molar-refractivity contribution in [2.24, 2.45) is 0 Å². The summed E-state index contributed by atoms with van der Waals surface area (Å²) in [5.74, 6) is -3.67. The number of hydrogen-bond donors (Lipinski definition) is 1. The highest BCUT2D eigenvalue weighted by Gasteiger charge is 2.30. The first kappa shape index (κ1) is 25.8. The molecule has 1 atom stereocenters. The number of amides is 2. The van der Waals surface area contributed by atoms with Crippen LogP contribution in [0.2, 0.25) is 10.0 Å². The number of nitrogens with one attached hydrogen (secondary N) is 1. The maximum atomic E-state index is 13.7. The van der Waals surface area contributed by atoms with E-state index in [1.165, 1.54) is 26.1 Å². The monoisotopic (exact) mass is 507 g/mol. The van der Waals surface area contributed by atoms with Crippen LogP contribution in [0.15, 0.2) is 36.4 Å². The number of sulfonamides is 1. The predicted octanol–water partition coefficient (Wildman–Crippen LogP) is 3.20. The van der Waals surface area contributed by atoms with Crippen LogP contribution in [0.25, 0.3) is 0 Å². The third-order valence-corrected chi connectivity index (χ3v) is 6.50. The van der Waals surface area contributed by atoms with Gasteiger partial charge >= 0.3 is 0 Å². The van der Waals surface area contributed by atoms with E-state index in [9.17, 15) is 26.8 Å². The lowest BCUT2D eigenvalue weighted by Gasteiger charge is -2.31. The number of nitrogens with zero attached hydrogens (tertiary/aromatic N) is 2. The number of hydrogen-bond acceptors (Lipinski definition) is 4. The number of halogens is 4. The van der Waals surface area contributed by atoms with Gasteiger partial charge in [-0.15, -0.1) is 0 Å². The second-order valence-electron chi connectivity index (χ2n) is 6.93. The highest BCUT2D eigenvalue weighted by atomic mass is 35.5. The van der Waals surface area contributed by atoms with E-state index in [0.717, 1.165) is 23.3 Å². The first-order valence-corrected chi connectivity index (χ1v) is 11.8. The van der Waals surface area contributed by atoms with Crippen molar-refractivity contribution in [2.75, 3.05) is 24.2 Å². The van der Waals surface area contributed by atoms with E-state index < -0.39 is 46.1 Å². The Morgan fingerprint density at radius 2 is 1.72 bits per heavy atom. The van der Waals surface area contributed by atoms with Crippen LogP contribution in [0, 0.1) is 11.6 Å². The number of anilines is 1. The van der Waals surface area contributed by atoms with Crippen LogP contribution in [0.4, 0.5) is 14.5 Å². The number of carbonyl (C=O) groups is 2. The summed E-state index contributed by atoms with van der Waals surface area (Å²) in [5.41, 5.74) is 0.309. The molecule has 0 bridgehead atoms. The quantitative estimate of drug-likeness (QED) is 0.594. The molecule has 0 saturated carbocycles. The molecule has 0 unspecified atom stereocenters. The Hall–Kier alpha value is -2.43. The Bertz CT molecular complexity index is 1130. The standard InChI is InChI=1S/C20H21Cl2F2N3O4S/c1-12(20(29)25-2)26(10-13-4-6-15(21)16(22)8-13)19(28)11-27(32(3,30)31)14-5-7-17(23)18(24)9-14/h4-9,12H,10-11H2,1-3H3,(H,25,29)/t12-/m1/s1. The zero-order valence-corrected chi connectivity index (χ0v) is 19.7. The van der Waals surface area contributed by atoms with E-state index in [0.29, 0.717) is 21.0 Å². The molecule has 0 radical (unpaired) electrons. The average Bonchev–Trinajstić information content (AvgIpc) is 2.72. The molecular formula is C20H21Cl2F2N3O4S. The molecule has 174 valence electrons. The molecule has 0 saturated heterocycles. The number of likely N-dealkylation sites (N-methyl/N-ethyl adjacent to an activating group) is 1. The van der Waals surface area contributed by atoms with Gasteiger partial charge in [-0.1, -0.05) is 29.3 Å². The average molecular weight is 508 g/mol. The van der Waals surface area contributed by atoms with Gasteiger partial charge in [0.25, 0.3) is 0 Å². The molecule has 0 heterocycles. The zero-order chi connectivity index (χ0) is 24.2. The van der Waals surface area contributed by atoms with Crippen molar-refractivity contribution in [2.45, 2.75) is 19.5 Å². The van der Waals surface area contributed by atoms with Crippen LogP contribution < -0.4 is 9.62 Å². The molecule has 2 aromatic rings. The molecule has 7 nitrogen and oxygen atoms in total. The zero-order valence-electron chi connectivity index (χ0n) is 17.4. The number of rotatable bonds is 8. The topological polar surface area (TPSA) is 86.8 Å². The van der Waals surface area contributed by atoms with Gasteiger partial charge in [-0.3, -0.25) is 13.9 Å². The summed E-state index contributed by atoms with van der Waals surface area (Å²) in [6.07, 6.45) is 0.826. The first-order valence-electron chi connectivity index (χ1n) is 9.23. The highest BCUT2D eigenvalue weighted by Crippen LogP contribution is 2.25. The number of carbonyl (C=O) groups excluding carboxylic acids is 2. The maximum Gasteiger partial charge on any atom is 0.244 e. The van der Waals surface area contributed by atoms with Crippen molar-refractivity contribution in [1.82, 2.24) is 10.2 Å². The van der Waals surface area contributed by atoms with Gasteiger partial charge in [0.2, 0.25) is 21.8 Å². The maximum absolute atomic E-state index is 13.7. The minimum absolute atomic E-state index is 0.0836. The SMILES string of the molecule is CNC(=O)[C@@H](C)N(Cc1ccc(Cl)c(Cl)c1)C(=O)CN(c1ccc(F)c(F)c1)S(C)(=O)=O. The van der Waals surface area contributed by atoms with Crippen LogP contribution in [0.1, 0.15) is 12.5 Å². The van der Waals surface area contributed by atoms with E-state index in [1.807, 2.05) is 0 Å². The Balaban J connectivity index is 2.42. The van der Waals surface area contributed by atoms with Crippen molar-refractivity contribution in [3.05, 3.63) is 63.6 Å². The summed E-state index contributed by atoms with van der Waals surface area (Å²) in [5, 5.41) is 2.97. The largest absolute Gasteiger partial charge is 0.357 e. The van der Waals surface area contributed by atoms with Gasteiger partial charge < -0.3 is 10.2 Å². The van der Waals surface area contributed by atoms with Gasteiger partial charge in [0.1, 0.15) is 12.6 Å². The molecule has 1 N–H and O–H groups in total. The third kappa shape index (κ3) is 6.30. The van der Waals surface area contributed by atoms with Crippen molar-refractivity contribution in [3.8, 4) is 0 Å². The Morgan fingerprint density at radius 1 is 1.06 bits per heavy atom. The van der Waals surface area contributed by atoms with Crippen LogP contribution in [0.5, 0.6) is 0 Å². The van der Waals surface area contributed by atoms with Crippen molar-refractivity contribution in [1.29, 1.82) is 0 Å². The molecule has 0 aliphatic carbocycles. The summed E-state index contributed by atoms with van der Waals surface area (Å²) in [6, 6.07) is 6.14. The smallest absolute Gasteiger partial charge is 0.244 e. The molecule has 0 aliphatic rings. The second kappa shape index (κ2) is 10.5. The fraction of sp³-hybridized carbons (Fsp3) is 0.300. The highest BCUT2D eigenvalue weighted by molar-refractivity contribution is 7.92. The summed E-state index contributed by atoms with van der Waals surface area (Å²) < 4.78 is 52.3. The van der Waals surface area contributed by atoms with Crippen LogP contribution in [-0.4, -0.2) is 51.0 Å². The lowest BCUT2D eigenvalue weighted by Crippen LogP contribution is -2.50. The van der Waals surface area contributed by atoms with Gasteiger partial charge in [-0.2, -0.15) is 0 Å². The van der Waals surface area contributed by atoms with Crippen molar-refractivity contribution in [3.63, 3.8) is 0 Å². The summed E-state index contributed by atoms with van der Waals surface area (Å²) in [4.78, 5) is 26.5. The Morgan fingerprint density at radius 3 is 2.25 bits per heavy atom. The fourth-order valence-electron chi connectivity index (χ4n) is 2.88. The fourth-order valence-corrected chi connectivity index (χ4v) is 4.04. The molecule has 0 fully saturated rings. The molecule has 2 rings (SSSR count). The van der Waals surface area contributed by atoms with E-state index in [2.05, 4.69) is 5.32 Å². The third-order valence-electron chi connectivity index (χ3n) is 4.62. The second-order valence-corrected chi connectivity index (χ2v) is 9.65. The van der Waals surface area contributed by atoms with Gasteiger partial charge in [0.05, 0.1) is 22.0 Å². The molecule has 2 amide bonds. The van der Waals surface area contributed by atoms with Gasteiger partial charge in [0, 0.05) is 19.7 Å². The van der Waals surface area contributed by atoms with E-state index in [4.69, 9.17) is 23.2 Å². The van der Waals surface area contributed by atoms with Crippen molar-refractivity contribution < 1.29 is 26.8 Å². The van der Waals surface area contributed by atoms with Gasteiger partial charge in [-0.25, -0.2) is 17.2 Å². The van der Waals surface area contributed by atoms with Gasteiger partial charge in [-0.05, 0) is 36.8 Å². The van der Waals surface area contributed by atoms with E-state index in [1.54, 1.807) is 6.07 Å². The van der Waals surface area contributed by atoms with Crippen LogP contribution in [-0.2, 0) is 26.2 Å². The van der Waals surface area contributed by atoms with Gasteiger partial charge in [0.15, 0.2) is 11.6 Å². The van der Waals surface area contributed by atoms with E-state index in [-0.39, 0.29) is 17.3 Å². The molecule has 12 heteroatoms. The van der Waals surface area contributed by atoms with Crippen LogP contribution in [0.3, 0.4) is 0 Å². The minimum Gasteiger partial charge on any atom is -0.357 e. The Kier molecular flexibility index (Phi) is 8.44. The predicted molar refractivity (Wildman–Crippen MR) is 119 cm³/mol. The first-order chi connectivity index (χ1) is 14.8. The normalized spacial score (nSPS) is 12.2. The number of benzene rings is 2. The minimum atomic E-state index is -4.06. The molecule has 32 heavy (non-hydrogen) atoms. The molecule has 0 aromatic heterocycles.